The molecule has 0 aliphatic rings. The molecule has 0 aliphatic heterocycles. The van der Waals surface area contributed by atoms with Gasteiger partial charge in [0.2, 0.25) is 0 Å². The van der Waals surface area contributed by atoms with Gasteiger partial charge in [0.05, 0.1) is 11.6 Å². The van der Waals surface area contributed by atoms with Crippen LogP contribution >= 0.6 is 0 Å². The minimum Gasteiger partial charge on any atom is -0.330 e. The maximum atomic E-state index is 8.80. The van der Waals surface area contributed by atoms with Crippen molar-refractivity contribution in [2.75, 3.05) is 0 Å². The Morgan fingerprint density at radius 1 is 1.22 bits per heavy atom. The first kappa shape index (κ1) is 12.4. The van der Waals surface area contributed by atoms with E-state index in [4.69, 9.17) is 5.26 Å². The van der Waals surface area contributed by atoms with Crippen molar-refractivity contribution in [1.29, 1.82) is 5.26 Å². The van der Waals surface area contributed by atoms with Crippen molar-refractivity contribution in [2.45, 2.75) is 27.3 Å². The summed E-state index contributed by atoms with van der Waals surface area (Å²) in [5, 5.41) is 8.80. The maximum absolute atomic E-state index is 8.80. The lowest BCUT2D eigenvalue weighted by molar-refractivity contribution is 0.345. The molecule has 0 N–H and O–H groups in total. The summed E-state index contributed by atoms with van der Waals surface area (Å²) >= 11 is 0. The average molecular weight is 239 g/mol. The number of nitriles is 1. The lowest BCUT2D eigenvalue weighted by atomic mass is 9.97. The number of hydrogen-bond acceptors (Lipinski definition) is 2. The zero-order valence-electron chi connectivity index (χ0n) is 11.0. The number of rotatable bonds is 2. The molecule has 0 saturated carbocycles. The smallest absolute Gasteiger partial charge is 0.139 e. The highest BCUT2D eigenvalue weighted by atomic mass is 15.1. The number of aromatic nitrogens is 2. The first-order valence-electron chi connectivity index (χ1n) is 6.01. The number of nitrogens with zero attached hydrogens (tertiary/aromatic N) is 3. The van der Waals surface area contributed by atoms with Crippen LogP contribution in [0.15, 0.2) is 36.7 Å². The van der Waals surface area contributed by atoms with Crippen LogP contribution in [0.3, 0.4) is 0 Å². The van der Waals surface area contributed by atoms with E-state index in [-0.39, 0.29) is 5.41 Å². The molecule has 0 fully saturated rings. The van der Waals surface area contributed by atoms with E-state index in [1.807, 2.05) is 36.7 Å². The van der Waals surface area contributed by atoms with Crippen LogP contribution in [0.1, 0.15) is 26.3 Å². The highest BCUT2D eigenvalue weighted by Gasteiger charge is 2.14. The van der Waals surface area contributed by atoms with Gasteiger partial charge in [-0.25, -0.2) is 4.98 Å². The quantitative estimate of drug-likeness (QED) is 0.805. The standard InChI is InChI=1S/C15H17N3/c1-15(2,3)11-18-9-8-17-14(18)13-6-4-12(10-16)5-7-13/h4-9H,11H2,1-3H3. The van der Waals surface area contributed by atoms with Crippen molar-refractivity contribution >= 4 is 0 Å². The molecule has 2 aromatic rings. The Bertz CT molecular complexity index is 565. The molecule has 0 saturated heterocycles. The predicted octanol–water partition coefficient (Wildman–Crippen LogP) is 3.47. The van der Waals surface area contributed by atoms with Gasteiger partial charge < -0.3 is 4.57 Å². The summed E-state index contributed by atoms with van der Waals surface area (Å²) in [5.74, 6) is 0.953. The molecule has 1 heterocycles. The third kappa shape index (κ3) is 2.78. The molecule has 92 valence electrons. The SMILES string of the molecule is CC(C)(C)Cn1ccnc1-c1ccc(C#N)cc1. The van der Waals surface area contributed by atoms with Crippen molar-refractivity contribution in [3.8, 4) is 17.5 Å². The van der Waals surface area contributed by atoms with Crippen LogP contribution in [-0.2, 0) is 6.54 Å². The van der Waals surface area contributed by atoms with Crippen molar-refractivity contribution in [3.63, 3.8) is 0 Å². The predicted molar refractivity (Wildman–Crippen MR) is 71.8 cm³/mol. The van der Waals surface area contributed by atoms with E-state index < -0.39 is 0 Å². The van der Waals surface area contributed by atoms with Gasteiger partial charge in [0, 0.05) is 24.5 Å². The molecule has 2 rings (SSSR count). The van der Waals surface area contributed by atoms with Gasteiger partial charge in [-0.2, -0.15) is 5.26 Å². The van der Waals surface area contributed by atoms with Crippen LogP contribution in [0.2, 0.25) is 0 Å². The van der Waals surface area contributed by atoms with E-state index in [2.05, 4.69) is 36.4 Å². The summed E-state index contributed by atoms with van der Waals surface area (Å²) in [5.41, 5.74) is 1.93. The van der Waals surface area contributed by atoms with E-state index in [1.165, 1.54) is 0 Å². The first-order chi connectivity index (χ1) is 8.49. The summed E-state index contributed by atoms with van der Waals surface area (Å²) in [7, 11) is 0. The van der Waals surface area contributed by atoms with E-state index >= 15 is 0 Å². The molecule has 0 radical (unpaired) electrons. The lowest BCUT2D eigenvalue weighted by Crippen LogP contribution is -2.15. The van der Waals surface area contributed by atoms with Gasteiger partial charge in [0.15, 0.2) is 0 Å². The summed E-state index contributed by atoms with van der Waals surface area (Å²) in [6.45, 7) is 7.53. The number of hydrogen-bond donors (Lipinski definition) is 0. The van der Waals surface area contributed by atoms with Crippen LogP contribution < -0.4 is 0 Å². The topological polar surface area (TPSA) is 41.6 Å². The van der Waals surface area contributed by atoms with Crippen molar-refractivity contribution < 1.29 is 0 Å². The molecule has 1 aromatic heterocycles. The van der Waals surface area contributed by atoms with Crippen LogP contribution in [0.5, 0.6) is 0 Å². The summed E-state index contributed by atoms with van der Waals surface area (Å²) in [6.07, 6.45) is 3.82. The van der Waals surface area contributed by atoms with E-state index in [0.717, 1.165) is 17.9 Å². The third-order valence-corrected chi connectivity index (χ3v) is 2.63. The van der Waals surface area contributed by atoms with Gasteiger partial charge in [0.25, 0.3) is 0 Å². The highest BCUT2D eigenvalue weighted by molar-refractivity contribution is 5.57. The molecule has 18 heavy (non-hydrogen) atoms. The molecule has 0 bridgehead atoms. The Kier molecular flexibility index (Phi) is 3.20. The second kappa shape index (κ2) is 4.66. The monoisotopic (exact) mass is 239 g/mol. The summed E-state index contributed by atoms with van der Waals surface area (Å²) in [6, 6.07) is 9.66. The number of benzene rings is 1. The molecule has 0 atom stereocenters. The molecule has 0 unspecified atom stereocenters. The Labute approximate surface area is 108 Å². The molecule has 1 aromatic carbocycles. The highest BCUT2D eigenvalue weighted by Crippen LogP contribution is 2.23. The molecule has 0 amide bonds. The van der Waals surface area contributed by atoms with Gasteiger partial charge in [-0.1, -0.05) is 20.8 Å². The van der Waals surface area contributed by atoms with E-state index in [9.17, 15) is 0 Å². The fourth-order valence-corrected chi connectivity index (χ4v) is 1.90. The Balaban J connectivity index is 2.34. The molecular weight excluding hydrogens is 222 g/mol. The van der Waals surface area contributed by atoms with E-state index in [1.54, 1.807) is 0 Å². The van der Waals surface area contributed by atoms with E-state index in [0.29, 0.717) is 5.56 Å². The fraction of sp³-hybridized carbons (Fsp3) is 0.333. The van der Waals surface area contributed by atoms with Gasteiger partial charge in [-0.15, -0.1) is 0 Å². The first-order valence-corrected chi connectivity index (χ1v) is 6.01. The molecule has 3 heteroatoms. The second-order valence-electron chi connectivity index (χ2n) is 5.63. The van der Waals surface area contributed by atoms with Crippen LogP contribution in [0.4, 0.5) is 0 Å². The van der Waals surface area contributed by atoms with Crippen LogP contribution in [0.25, 0.3) is 11.4 Å². The van der Waals surface area contributed by atoms with Crippen LogP contribution in [0, 0.1) is 16.7 Å². The minimum absolute atomic E-state index is 0.210. The summed E-state index contributed by atoms with van der Waals surface area (Å²) < 4.78 is 2.15. The molecule has 3 nitrogen and oxygen atoms in total. The maximum Gasteiger partial charge on any atom is 0.139 e. The normalized spacial score (nSPS) is 11.2. The Morgan fingerprint density at radius 2 is 1.89 bits per heavy atom. The Morgan fingerprint density at radius 3 is 2.44 bits per heavy atom. The Hall–Kier alpha value is -2.08. The van der Waals surface area contributed by atoms with Gasteiger partial charge in [0.1, 0.15) is 5.82 Å². The third-order valence-electron chi connectivity index (χ3n) is 2.63. The molecular formula is C15H17N3. The molecule has 0 spiro atoms. The fourth-order valence-electron chi connectivity index (χ4n) is 1.90. The molecule has 0 aliphatic carbocycles. The second-order valence-corrected chi connectivity index (χ2v) is 5.63. The average Bonchev–Trinajstić information content (AvgIpc) is 2.75. The number of imidazole rings is 1. The van der Waals surface area contributed by atoms with Crippen molar-refractivity contribution in [1.82, 2.24) is 9.55 Å². The lowest BCUT2D eigenvalue weighted by Gasteiger charge is -2.20. The minimum atomic E-state index is 0.210. The summed E-state index contributed by atoms with van der Waals surface area (Å²) in [4.78, 5) is 4.41. The van der Waals surface area contributed by atoms with Gasteiger partial charge in [-0.3, -0.25) is 0 Å². The largest absolute Gasteiger partial charge is 0.330 e. The van der Waals surface area contributed by atoms with Gasteiger partial charge >= 0.3 is 0 Å². The zero-order chi connectivity index (χ0) is 13.2. The zero-order valence-corrected chi connectivity index (χ0v) is 11.0. The van der Waals surface area contributed by atoms with Crippen LogP contribution in [-0.4, -0.2) is 9.55 Å². The van der Waals surface area contributed by atoms with Gasteiger partial charge in [-0.05, 0) is 29.7 Å². The van der Waals surface area contributed by atoms with Crippen molar-refractivity contribution in [2.24, 2.45) is 5.41 Å². The van der Waals surface area contributed by atoms with Crippen molar-refractivity contribution in [3.05, 3.63) is 42.2 Å².